The van der Waals surface area contributed by atoms with Crippen molar-refractivity contribution in [3.05, 3.63) is 114 Å². The third-order valence-corrected chi connectivity index (χ3v) is 9.36. The molecule has 4 rings (SSSR count). The summed E-state index contributed by atoms with van der Waals surface area (Å²) in [6.07, 6.45) is 8.39. The number of rotatable bonds is 17. The summed E-state index contributed by atoms with van der Waals surface area (Å²) in [5.74, 6) is 0.752. The lowest BCUT2D eigenvalue weighted by Gasteiger charge is -2.18. The van der Waals surface area contributed by atoms with Crippen molar-refractivity contribution in [3.63, 3.8) is 0 Å². The Morgan fingerprint density at radius 3 is 2.38 bits per heavy atom. The second kappa shape index (κ2) is 17.3. The molecule has 0 spiro atoms. The van der Waals surface area contributed by atoms with E-state index in [1.165, 1.54) is 17.8 Å². The monoisotopic (exact) mass is 646 g/mol. The van der Waals surface area contributed by atoms with E-state index in [0.29, 0.717) is 40.4 Å². The summed E-state index contributed by atoms with van der Waals surface area (Å²) in [6.45, 7) is 6.19. The van der Waals surface area contributed by atoms with E-state index in [-0.39, 0.29) is 4.90 Å². The molecular weight excluding hydrogens is 605 g/mol. The Labute approximate surface area is 271 Å². The SMILES string of the molecule is CCCCCOC/C=C\c1cccc(C(O)c2ccccc2-c2ccc(Sc3ccc(OCCCC)cc3)c(S(=O)(=O)O)c2)c1. The first kappa shape index (κ1) is 34.5. The molecule has 1 atom stereocenters. The van der Waals surface area contributed by atoms with Crippen molar-refractivity contribution in [2.45, 2.75) is 66.7 Å². The second-order valence-corrected chi connectivity index (χ2v) is 13.3. The van der Waals surface area contributed by atoms with Gasteiger partial charge in [-0.1, -0.05) is 106 Å². The number of benzene rings is 4. The molecule has 6 nitrogen and oxygen atoms in total. The van der Waals surface area contributed by atoms with E-state index in [9.17, 15) is 18.1 Å². The molecule has 45 heavy (non-hydrogen) atoms. The Balaban J connectivity index is 1.55. The van der Waals surface area contributed by atoms with Gasteiger partial charge in [0, 0.05) is 16.4 Å². The molecule has 0 amide bonds. The fourth-order valence-corrected chi connectivity index (χ4v) is 6.69. The van der Waals surface area contributed by atoms with Crippen LogP contribution in [0, 0.1) is 0 Å². The van der Waals surface area contributed by atoms with Crippen molar-refractivity contribution in [1.29, 1.82) is 0 Å². The molecule has 0 aromatic heterocycles. The van der Waals surface area contributed by atoms with Gasteiger partial charge in [0.2, 0.25) is 0 Å². The Morgan fingerprint density at radius 1 is 0.844 bits per heavy atom. The highest BCUT2D eigenvalue weighted by Crippen LogP contribution is 2.38. The van der Waals surface area contributed by atoms with Crippen molar-refractivity contribution in [1.82, 2.24) is 0 Å². The number of aliphatic hydroxyl groups excluding tert-OH is 1. The Morgan fingerprint density at radius 2 is 1.62 bits per heavy atom. The number of aliphatic hydroxyl groups is 1. The van der Waals surface area contributed by atoms with Crippen molar-refractivity contribution < 1.29 is 27.6 Å². The molecular formula is C37H42O6S2. The highest BCUT2D eigenvalue weighted by atomic mass is 32.2. The maximum atomic E-state index is 12.5. The van der Waals surface area contributed by atoms with Gasteiger partial charge in [-0.25, -0.2) is 0 Å². The van der Waals surface area contributed by atoms with Gasteiger partial charge >= 0.3 is 0 Å². The average molecular weight is 647 g/mol. The molecule has 2 N–H and O–H groups in total. The molecule has 0 bridgehead atoms. The molecule has 0 heterocycles. The van der Waals surface area contributed by atoms with Crippen molar-refractivity contribution in [2.24, 2.45) is 0 Å². The highest BCUT2D eigenvalue weighted by Gasteiger charge is 2.21. The van der Waals surface area contributed by atoms with E-state index >= 15 is 0 Å². The molecule has 0 aliphatic heterocycles. The van der Waals surface area contributed by atoms with Crippen molar-refractivity contribution in [3.8, 4) is 16.9 Å². The van der Waals surface area contributed by atoms with Crippen molar-refractivity contribution in [2.75, 3.05) is 19.8 Å². The van der Waals surface area contributed by atoms with Gasteiger partial charge in [-0.05, 0) is 83.1 Å². The van der Waals surface area contributed by atoms with E-state index in [2.05, 4.69) is 13.8 Å². The first-order chi connectivity index (χ1) is 21.8. The second-order valence-electron chi connectivity index (χ2n) is 10.8. The van der Waals surface area contributed by atoms with Crippen LogP contribution in [-0.4, -0.2) is 37.9 Å². The van der Waals surface area contributed by atoms with Crippen LogP contribution in [0.15, 0.2) is 112 Å². The third-order valence-electron chi connectivity index (χ3n) is 7.25. The molecule has 8 heteroatoms. The van der Waals surface area contributed by atoms with Gasteiger partial charge in [0.1, 0.15) is 16.7 Å². The van der Waals surface area contributed by atoms with Crippen LogP contribution in [0.5, 0.6) is 5.75 Å². The molecule has 0 fully saturated rings. The van der Waals surface area contributed by atoms with Gasteiger partial charge in [-0.2, -0.15) is 8.42 Å². The summed E-state index contributed by atoms with van der Waals surface area (Å²) >= 11 is 1.24. The minimum Gasteiger partial charge on any atom is -0.494 e. The summed E-state index contributed by atoms with van der Waals surface area (Å²) < 4.78 is 46.7. The van der Waals surface area contributed by atoms with Crippen LogP contribution in [0.2, 0.25) is 0 Å². The van der Waals surface area contributed by atoms with Gasteiger partial charge in [-0.15, -0.1) is 0 Å². The van der Waals surface area contributed by atoms with Crippen LogP contribution < -0.4 is 4.74 Å². The lowest BCUT2D eigenvalue weighted by molar-refractivity contribution is 0.158. The maximum absolute atomic E-state index is 12.5. The fraction of sp³-hybridized carbons (Fsp3) is 0.297. The first-order valence-corrected chi connectivity index (χ1v) is 17.7. The summed E-state index contributed by atoms with van der Waals surface area (Å²) in [7, 11) is -4.54. The molecule has 0 saturated carbocycles. The van der Waals surface area contributed by atoms with Crippen LogP contribution in [0.1, 0.15) is 68.7 Å². The molecule has 238 valence electrons. The number of hydrogen-bond donors (Lipinski definition) is 2. The number of hydrogen-bond acceptors (Lipinski definition) is 6. The molecule has 4 aromatic rings. The summed E-state index contributed by atoms with van der Waals surface area (Å²) in [6, 6.07) is 27.4. The minimum absolute atomic E-state index is 0.193. The van der Waals surface area contributed by atoms with Gasteiger partial charge in [0.05, 0.1) is 13.2 Å². The Kier molecular flexibility index (Phi) is 13.3. The van der Waals surface area contributed by atoms with Crippen LogP contribution in [0.4, 0.5) is 0 Å². The lowest BCUT2D eigenvalue weighted by atomic mass is 9.92. The first-order valence-electron chi connectivity index (χ1n) is 15.4. The van der Waals surface area contributed by atoms with E-state index in [0.717, 1.165) is 54.9 Å². The van der Waals surface area contributed by atoms with Gasteiger partial charge in [-0.3, -0.25) is 4.55 Å². The normalized spacial score (nSPS) is 12.4. The summed E-state index contributed by atoms with van der Waals surface area (Å²) in [4.78, 5) is 1.01. The van der Waals surface area contributed by atoms with E-state index in [1.807, 2.05) is 91.0 Å². The summed E-state index contributed by atoms with van der Waals surface area (Å²) in [5.41, 5.74) is 3.51. The predicted octanol–water partition coefficient (Wildman–Crippen LogP) is 9.23. The predicted molar refractivity (Wildman–Crippen MR) is 183 cm³/mol. The third kappa shape index (κ3) is 10.3. The average Bonchev–Trinajstić information content (AvgIpc) is 3.05. The van der Waals surface area contributed by atoms with Crippen molar-refractivity contribution >= 4 is 28.0 Å². The maximum Gasteiger partial charge on any atom is 0.295 e. The quantitative estimate of drug-likeness (QED) is 0.0873. The standard InChI is InChI=1S/C37H42O6S2/c1-3-5-9-23-42-24-11-13-28-12-10-14-30(26-28)37(38)34-16-8-7-15-33(34)29-17-22-35(36(27-29)45(39,40)41)44-32-20-18-31(19-21-32)43-25-6-4-2/h7-8,10-22,26-27,37-38H,3-6,9,23-25H2,1-2H3,(H,39,40,41)/b13-11-. The largest absolute Gasteiger partial charge is 0.494 e. The van der Waals surface area contributed by atoms with Gasteiger partial charge < -0.3 is 14.6 Å². The molecule has 0 radical (unpaired) electrons. The van der Waals surface area contributed by atoms with Crippen LogP contribution in [0.3, 0.4) is 0 Å². The molecule has 1 unspecified atom stereocenters. The zero-order valence-corrected chi connectivity index (χ0v) is 27.5. The van der Waals surface area contributed by atoms with Crippen LogP contribution in [-0.2, 0) is 14.9 Å². The molecule has 0 aliphatic rings. The molecule has 0 aliphatic carbocycles. The fourth-order valence-electron chi connectivity index (χ4n) is 4.83. The zero-order chi connectivity index (χ0) is 32.1. The number of ether oxygens (including phenoxy) is 2. The molecule has 4 aromatic carbocycles. The zero-order valence-electron chi connectivity index (χ0n) is 25.9. The Hall–Kier alpha value is -3.40. The Bertz CT molecular complexity index is 1650. The van der Waals surface area contributed by atoms with Gasteiger partial charge in [0.25, 0.3) is 10.1 Å². The van der Waals surface area contributed by atoms with E-state index in [1.54, 1.807) is 6.07 Å². The highest BCUT2D eigenvalue weighted by molar-refractivity contribution is 8.00. The smallest absolute Gasteiger partial charge is 0.295 e. The number of unbranched alkanes of at least 4 members (excludes halogenated alkanes) is 3. The van der Waals surface area contributed by atoms with Crippen LogP contribution in [0.25, 0.3) is 17.2 Å². The summed E-state index contributed by atoms with van der Waals surface area (Å²) in [5, 5.41) is 11.5. The van der Waals surface area contributed by atoms with E-state index < -0.39 is 16.2 Å². The van der Waals surface area contributed by atoms with Gasteiger partial charge in [0.15, 0.2) is 0 Å². The minimum atomic E-state index is -4.54. The lowest BCUT2D eigenvalue weighted by Crippen LogP contribution is -2.04. The van der Waals surface area contributed by atoms with Crippen LogP contribution >= 0.6 is 11.8 Å². The topological polar surface area (TPSA) is 93.1 Å². The van der Waals surface area contributed by atoms with E-state index in [4.69, 9.17) is 9.47 Å². The molecule has 0 saturated heterocycles.